The largest absolute Gasteiger partial charge is 0.507 e. The van der Waals surface area contributed by atoms with E-state index in [0.717, 1.165) is 31.9 Å². The number of allylic oxidation sites excluding steroid dienone is 1. The molecule has 3 aromatic carbocycles. The molecule has 0 unspecified atom stereocenters. The average Bonchev–Trinajstić information content (AvgIpc) is 3.21. The van der Waals surface area contributed by atoms with Crippen LogP contribution in [0.3, 0.4) is 0 Å². The lowest BCUT2D eigenvalue weighted by atomic mass is 10.0. The molecule has 1 N–H and O–H groups in total. The van der Waals surface area contributed by atoms with Crippen molar-refractivity contribution in [2.75, 3.05) is 45.3 Å². The Morgan fingerprint density at radius 3 is 2.44 bits per heavy atom. The quantitative estimate of drug-likeness (QED) is 0.511. The fourth-order valence-electron chi connectivity index (χ4n) is 4.66. The van der Waals surface area contributed by atoms with Gasteiger partial charge in [-0.05, 0) is 48.5 Å². The number of carbonyl (C=O) groups excluding carboxylic acids is 1. The first-order valence-corrected chi connectivity index (χ1v) is 11.7. The molecule has 2 aliphatic heterocycles. The summed E-state index contributed by atoms with van der Waals surface area (Å²) < 4.78 is 30.1. The first kappa shape index (κ1) is 23.7. The Morgan fingerprint density at radius 2 is 1.75 bits per heavy atom. The molecule has 0 spiro atoms. The van der Waals surface area contributed by atoms with Crippen molar-refractivity contribution in [3.8, 4) is 23.0 Å². The molecule has 0 aliphatic carbocycles. The Labute approximate surface area is 208 Å². The summed E-state index contributed by atoms with van der Waals surface area (Å²) in [5, 5.41) is 10.7. The summed E-state index contributed by atoms with van der Waals surface area (Å²) in [6, 6.07) is 15.0. The summed E-state index contributed by atoms with van der Waals surface area (Å²) in [5.74, 6) is 1.17. The second-order valence-corrected chi connectivity index (χ2v) is 8.70. The SMILES string of the molecule is COc1cccc(/C=C2\Oc3c(ccc(O)c3CN3CCN(c4ccc(F)cc4)CC3)C2=O)c1OC. The number of para-hydroxylation sites is 1. The molecule has 0 radical (unpaired) electrons. The first-order valence-electron chi connectivity index (χ1n) is 11.7. The zero-order chi connectivity index (χ0) is 25.2. The monoisotopic (exact) mass is 490 g/mol. The standard InChI is InChI=1S/C28H27FN2O5/c1-34-24-5-3-4-18(27(24)35-2)16-25-26(33)21-10-11-23(32)22(28(21)36-25)17-30-12-14-31(15-13-30)20-8-6-19(29)7-9-20/h3-11,16,32H,12-15,17H2,1-2H3/b25-16-. The fourth-order valence-corrected chi connectivity index (χ4v) is 4.66. The number of carbonyl (C=O) groups is 1. The number of benzene rings is 3. The van der Waals surface area contributed by atoms with Crippen LogP contribution in [0.25, 0.3) is 6.08 Å². The van der Waals surface area contributed by atoms with Crippen molar-refractivity contribution in [1.29, 1.82) is 0 Å². The van der Waals surface area contributed by atoms with E-state index < -0.39 is 0 Å². The van der Waals surface area contributed by atoms with Crippen molar-refractivity contribution >= 4 is 17.5 Å². The van der Waals surface area contributed by atoms with E-state index in [1.165, 1.54) is 19.2 Å². The van der Waals surface area contributed by atoms with Gasteiger partial charge in [0.2, 0.25) is 5.78 Å². The predicted molar refractivity (Wildman–Crippen MR) is 134 cm³/mol. The number of halogens is 1. The Morgan fingerprint density at radius 1 is 1.00 bits per heavy atom. The summed E-state index contributed by atoms with van der Waals surface area (Å²) in [4.78, 5) is 17.5. The maximum atomic E-state index is 13.3. The molecule has 8 heteroatoms. The maximum absolute atomic E-state index is 13.3. The zero-order valence-electron chi connectivity index (χ0n) is 20.2. The minimum absolute atomic E-state index is 0.0859. The van der Waals surface area contributed by atoms with Gasteiger partial charge in [0.05, 0.1) is 25.3 Å². The summed E-state index contributed by atoms with van der Waals surface area (Å²) in [6.45, 7) is 3.47. The molecule has 186 valence electrons. The van der Waals surface area contributed by atoms with Crippen molar-refractivity contribution in [2.24, 2.45) is 0 Å². The van der Waals surface area contributed by atoms with E-state index in [4.69, 9.17) is 14.2 Å². The number of ether oxygens (including phenoxy) is 3. The smallest absolute Gasteiger partial charge is 0.231 e. The van der Waals surface area contributed by atoms with E-state index in [2.05, 4.69) is 9.80 Å². The van der Waals surface area contributed by atoms with Gasteiger partial charge in [-0.3, -0.25) is 9.69 Å². The number of nitrogens with zero attached hydrogens (tertiary/aromatic N) is 2. The third kappa shape index (κ3) is 4.47. The number of phenolic OH excluding ortho intramolecular Hbond substituents is 1. The number of ketones is 1. The number of anilines is 1. The Balaban J connectivity index is 1.35. The zero-order valence-corrected chi connectivity index (χ0v) is 20.2. The third-order valence-corrected chi connectivity index (χ3v) is 6.58. The van der Waals surface area contributed by atoms with Crippen LogP contribution >= 0.6 is 0 Å². The lowest BCUT2D eigenvalue weighted by Crippen LogP contribution is -2.46. The first-order chi connectivity index (χ1) is 17.5. The molecule has 2 heterocycles. The van der Waals surface area contributed by atoms with Crippen LogP contribution in [0.5, 0.6) is 23.0 Å². The van der Waals surface area contributed by atoms with Gasteiger partial charge in [-0.15, -0.1) is 0 Å². The number of piperazine rings is 1. The molecule has 1 fully saturated rings. The van der Waals surface area contributed by atoms with E-state index >= 15 is 0 Å². The van der Waals surface area contributed by atoms with Crippen LogP contribution in [0, 0.1) is 5.82 Å². The molecular formula is C28H27FN2O5. The Hall–Kier alpha value is -4.04. The van der Waals surface area contributed by atoms with Gasteiger partial charge in [-0.25, -0.2) is 4.39 Å². The van der Waals surface area contributed by atoms with Gasteiger partial charge >= 0.3 is 0 Å². The maximum Gasteiger partial charge on any atom is 0.231 e. The highest BCUT2D eigenvalue weighted by atomic mass is 19.1. The minimum Gasteiger partial charge on any atom is -0.507 e. The number of Topliss-reactive ketones (excluding diaryl/α,β-unsaturated/α-hetero) is 1. The molecule has 7 nitrogen and oxygen atoms in total. The number of hydrogen-bond acceptors (Lipinski definition) is 7. The van der Waals surface area contributed by atoms with Gasteiger partial charge in [0, 0.05) is 44.0 Å². The fraction of sp³-hybridized carbons (Fsp3) is 0.250. The second kappa shape index (κ2) is 9.91. The number of rotatable bonds is 6. The molecule has 2 aliphatic rings. The highest BCUT2D eigenvalue weighted by Crippen LogP contribution is 2.41. The van der Waals surface area contributed by atoms with Gasteiger partial charge in [0.1, 0.15) is 17.3 Å². The van der Waals surface area contributed by atoms with Gasteiger partial charge < -0.3 is 24.2 Å². The van der Waals surface area contributed by atoms with E-state index in [-0.39, 0.29) is 23.1 Å². The van der Waals surface area contributed by atoms with E-state index in [0.29, 0.717) is 40.5 Å². The highest BCUT2D eigenvalue weighted by molar-refractivity contribution is 6.15. The van der Waals surface area contributed by atoms with Crippen LogP contribution in [0.1, 0.15) is 21.5 Å². The van der Waals surface area contributed by atoms with Crippen LogP contribution in [0.2, 0.25) is 0 Å². The molecule has 0 atom stereocenters. The number of fused-ring (bicyclic) bond motifs is 1. The third-order valence-electron chi connectivity index (χ3n) is 6.58. The van der Waals surface area contributed by atoms with Crippen molar-refractivity contribution in [2.45, 2.75) is 6.54 Å². The van der Waals surface area contributed by atoms with E-state index in [9.17, 15) is 14.3 Å². The lowest BCUT2D eigenvalue weighted by Gasteiger charge is -2.36. The number of aromatic hydroxyl groups is 1. The normalized spacial score (nSPS) is 16.7. The highest BCUT2D eigenvalue weighted by Gasteiger charge is 2.32. The minimum atomic E-state index is -0.253. The Bertz CT molecular complexity index is 1310. The number of phenols is 1. The van der Waals surface area contributed by atoms with E-state index in [1.54, 1.807) is 43.5 Å². The average molecular weight is 491 g/mol. The van der Waals surface area contributed by atoms with Gasteiger partial charge in [0.25, 0.3) is 0 Å². The molecule has 0 aromatic heterocycles. The molecule has 5 rings (SSSR count). The molecule has 0 bridgehead atoms. The number of methoxy groups -OCH3 is 2. The molecule has 0 amide bonds. The molecule has 36 heavy (non-hydrogen) atoms. The predicted octanol–water partition coefficient (Wildman–Crippen LogP) is 4.49. The summed E-state index contributed by atoms with van der Waals surface area (Å²) in [5.41, 5.74) is 2.63. The molecule has 1 saturated heterocycles. The van der Waals surface area contributed by atoms with Gasteiger partial charge in [0.15, 0.2) is 17.3 Å². The van der Waals surface area contributed by atoms with Crippen molar-refractivity contribution < 1.29 is 28.5 Å². The van der Waals surface area contributed by atoms with Gasteiger partial charge in [-0.1, -0.05) is 12.1 Å². The summed E-state index contributed by atoms with van der Waals surface area (Å²) >= 11 is 0. The second-order valence-electron chi connectivity index (χ2n) is 8.70. The molecular weight excluding hydrogens is 463 g/mol. The molecule has 0 saturated carbocycles. The van der Waals surface area contributed by atoms with Crippen LogP contribution in [0.15, 0.2) is 60.4 Å². The summed E-state index contributed by atoms with van der Waals surface area (Å²) in [6.07, 6.45) is 1.63. The van der Waals surface area contributed by atoms with Gasteiger partial charge in [-0.2, -0.15) is 0 Å². The van der Waals surface area contributed by atoms with Crippen LogP contribution in [-0.4, -0.2) is 56.2 Å². The number of hydrogen-bond donors (Lipinski definition) is 1. The Kier molecular flexibility index (Phi) is 6.52. The van der Waals surface area contributed by atoms with Crippen molar-refractivity contribution in [1.82, 2.24) is 4.90 Å². The van der Waals surface area contributed by atoms with Crippen molar-refractivity contribution in [3.05, 3.63) is 82.9 Å². The lowest BCUT2D eigenvalue weighted by molar-refractivity contribution is 0.101. The van der Waals surface area contributed by atoms with Crippen LogP contribution in [0.4, 0.5) is 10.1 Å². The van der Waals surface area contributed by atoms with Crippen molar-refractivity contribution in [3.63, 3.8) is 0 Å². The van der Waals surface area contributed by atoms with E-state index in [1.807, 2.05) is 12.1 Å². The molecule has 3 aromatic rings. The van der Waals surface area contributed by atoms with Crippen LogP contribution < -0.4 is 19.1 Å². The van der Waals surface area contributed by atoms with Crippen LogP contribution in [-0.2, 0) is 6.54 Å². The topological polar surface area (TPSA) is 71.5 Å². The summed E-state index contributed by atoms with van der Waals surface area (Å²) in [7, 11) is 3.09.